The summed E-state index contributed by atoms with van der Waals surface area (Å²) in [5.41, 5.74) is 1.99. The molecule has 0 saturated heterocycles. The van der Waals surface area contributed by atoms with Crippen LogP contribution in [0.4, 0.5) is 17.3 Å². The lowest BCUT2D eigenvalue weighted by Crippen LogP contribution is -2.07. The molecule has 0 aliphatic carbocycles. The maximum absolute atomic E-state index is 5.36. The van der Waals surface area contributed by atoms with Crippen molar-refractivity contribution in [1.29, 1.82) is 0 Å². The number of hydrogen-bond donors (Lipinski definition) is 2. The zero-order valence-corrected chi connectivity index (χ0v) is 16.2. The Morgan fingerprint density at radius 1 is 0.786 bits per heavy atom. The predicted molar refractivity (Wildman–Crippen MR) is 110 cm³/mol. The van der Waals surface area contributed by atoms with Crippen LogP contribution in [-0.2, 0) is 6.42 Å². The molecule has 0 amide bonds. The highest BCUT2D eigenvalue weighted by molar-refractivity contribution is 5.65. The summed E-state index contributed by atoms with van der Waals surface area (Å²) >= 11 is 0. The summed E-state index contributed by atoms with van der Waals surface area (Å²) in [6.07, 6.45) is 2.34. The number of nitrogens with one attached hydrogen (secondary N) is 2. The molecule has 0 spiro atoms. The standard InChI is InChI=1S/C21H24N4O3/c1-26-17-7-5-4-6-16(17)25-21-13-20(23-14-24-21)22-11-10-15-8-9-18(27-2)19(12-15)28-3/h4-9,12-14H,10-11H2,1-3H3,(H2,22,23,24,25). The molecule has 2 N–H and O–H groups in total. The summed E-state index contributed by atoms with van der Waals surface area (Å²) in [5, 5.41) is 6.57. The van der Waals surface area contributed by atoms with Crippen LogP contribution in [0, 0.1) is 0 Å². The molecule has 28 heavy (non-hydrogen) atoms. The molecule has 1 aromatic heterocycles. The molecule has 2 aromatic carbocycles. The van der Waals surface area contributed by atoms with E-state index in [1.165, 1.54) is 6.33 Å². The lowest BCUT2D eigenvalue weighted by atomic mass is 10.1. The maximum Gasteiger partial charge on any atom is 0.160 e. The van der Waals surface area contributed by atoms with Gasteiger partial charge in [0.2, 0.25) is 0 Å². The number of methoxy groups -OCH3 is 3. The van der Waals surface area contributed by atoms with Crippen LogP contribution in [0.25, 0.3) is 0 Å². The first-order valence-corrected chi connectivity index (χ1v) is 8.90. The Hall–Kier alpha value is -3.48. The average molecular weight is 380 g/mol. The third-order valence-electron chi connectivity index (χ3n) is 4.20. The third-order valence-corrected chi connectivity index (χ3v) is 4.20. The first-order valence-electron chi connectivity index (χ1n) is 8.90. The molecular formula is C21H24N4O3. The first-order chi connectivity index (χ1) is 13.7. The Morgan fingerprint density at radius 2 is 1.54 bits per heavy atom. The Bertz CT molecular complexity index is 918. The normalized spacial score (nSPS) is 10.2. The number of ether oxygens (including phenoxy) is 3. The molecule has 7 heteroatoms. The van der Waals surface area contributed by atoms with E-state index in [0.717, 1.165) is 47.3 Å². The molecule has 0 aliphatic rings. The molecule has 0 fully saturated rings. The summed E-state index contributed by atoms with van der Waals surface area (Å²) in [4.78, 5) is 8.55. The number of rotatable bonds is 9. The second-order valence-electron chi connectivity index (χ2n) is 5.98. The number of para-hydroxylation sites is 2. The van der Waals surface area contributed by atoms with Gasteiger partial charge in [-0.1, -0.05) is 18.2 Å². The van der Waals surface area contributed by atoms with Crippen molar-refractivity contribution in [3.8, 4) is 17.2 Å². The molecule has 0 radical (unpaired) electrons. The van der Waals surface area contributed by atoms with E-state index in [2.05, 4.69) is 20.6 Å². The largest absolute Gasteiger partial charge is 0.495 e. The van der Waals surface area contributed by atoms with Gasteiger partial charge in [0, 0.05) is 12.6 Å². The van der Waals surface area contributed by atoms with Gasteiger partial charge in [-0.15, -0.1) is 0 Å². The fraction of sp³-hybridized carbons (Fsp3) is 0.238. The van der Waals surface area contributed by atoms with Crippen LogP contribution >= 0.6 is 0 Å². The molecule has 0 atom stereocenters. The molecule has 0 aliphatic heterocycles. The van der Waals surface area contributed by atoms with E-state index in [1.54, 1.807) is 21.3 Å². The SMILES string of the molecule is COc1ccccc1Nc1cc(NCCc2ccc(OC)c(OC)c2)ncn1. The minimum atomic E-state index is 0.688. The number of benzene rings is 2. The number of aromatic nitrogens is 2. The maximum atomic E-state index is 5.36. The predicted octanol–water partition coefficient (Wildman–Crippen LogP) is 3.90. The molecule has 1 heterocycles. The molecule has 0 unspecified atom stereocenters. The minimum Gasteiger partial charge on any atom is -0.495 e. The van der Waals surface area contributed by atoms with Crippen molar-refractivity contribution in [1.82, 2.24) is 9.97 Å². The van der Waals surface area contributed by atoms with Gasteiger partial charge in [-0.3, -0.25) is 0 Å². The van der Waals surface area contributed by atoms with Gasteiger partial charge in [0.15, 0.2) is 11.5 Å². The Balaban J connectivity index is 1.61. The van der Waals surface area contributed by atoms with Gasteiger partial charge in [0.25, 0.3) is 0 Å². The Kier molecular flexibility index (Phi) is 6.51. The van der Waals surface area contributed by atoms with Gasteiger partial charge >= 0.3 is 0 Å². The average Bonchev–Trinajstić information content (AvgIpc) is 2.74. The summed E-state index contributed by atoms with van der Waals surface area (Å²) in [5.74, 6) is 3.64. The summed E-state index contributed by atoms with van der Waals surface area (Å²) in [6, 6.07) is 15.5. The topological polar surface area (TPSA) is 77.5 Å². The highest BCUT2D eigenvalue weighted by atomic mass is 16.5. The van der Waals surface area contributed by atoms with E-state index in [9.17, 15) is 0 Å². The summed E-state index contributed by atoms with van der Waals surface area (Å²) < 4.78 is 16.0. The molecule has 146 valence electrons. The van der Waals surface area contributed by atoms with E-state index in [1.807, 2.05) is 48.5 Å². The molecular weight excluding hydrogens is 356 g/mol. The second kappa shape index (κ2) is 9.45. The van der Waals surface area contributed by atoms with E-state index >= 15 is 0 Å². The van der Waals surface area contributed by atoms with E-state index in [4.69, 9.17) is 14.2 Å². The smallest absolute Gasteiger partial charge is 0.160 e. The quantitative estimate of drug-likeness (QED) is 0.583. The van der Waals surface area contributed by atoms with Crippen molar-refractivity contribution in [2.75, 3.05) is 38.5 Å². The van der Waals surface area contributed by atoms with Crippen molar-refractivity contribution in [3.63, 3.8) is 0 Å². The lowest BCUT2D eigenvalue weighted by Gasteiger charge is -2.12. The minimum absolute atomic E-state index is 0.688. The van der Waals surface area contributed by atoms with Gasteiger partial charge in [0.05, 0.1) is 27.0 Å². The van der Waals surface area contributed by atoms with E-state index < -0.39 is 0 Å². The molecule has 3 aromatic rings. The zero-order valence-electron chi connectivity index (χ0n) is 16.2. The fourth-order valence-corrected chi connectivity index (χ4v) is 2.78. The van der Waals surface area contributed by atoms with Crippen LogP contribution in [0.5, 0.6) is 17.2 Å². The first kappa shape index (κ1) is 19.3. The van der Waals surface area contributed by atoms with Crippen molar-refractivity contribution >= 4 is 17.3 Å². The number of anilines is 3. The van der Waals surface area contributed by atoms with Gasteiger partial charge in [0.1, 0.15) is 23.7 Å². The van der Waals surface area contributed by atoms with Crippen LogP contribution < -0.4 is 24.8 Å². The van der Waals surface area contributed by atoms with Gasteiger partial charge in [-0.25, -0.2) is 9.97 Å². The highest BCUT2D eigenvalue weighted by Gasteiger charge is 2.06. The van der Waals surface area contributed by atoms with Crippen molar-refractivity contribution < 1.29 is 14.2 Å². The summed E-state index contributed by atoms with van der Waals surface area (Å²) in [6.45, 7) is 0.723. The Morgan fingerprint density at radius 3 is 2.32 bits per heavy atom. The highest BCUT2D eigenvalue weighted by Crippen LogP contribution is 2.28. The van der Waals surface area contributed by atoms with Crippen LogP contribution in [0.15, 0.2) is 54.9 Å². The number of nitrogens with zero attached hydrogens (tertiary/aromatic N) is 2. The van der Waals surface area contributed by atoms with E-state index in [-0.39, 0.29) is 0 Å². The molecule has 3 rings (SSSR count). The molecule has 0 bridgehead atoms. The number of hydrogen-bond acceptors (Lipinski definition) is 7. The van der Waals surface area contributed by atoms with Crippen molar-refractivity contribution in [2.45, 2.75) is 6.42 Å². The van der Waals surface area contributed by atoms with Crippen molar-refractivity contribution in [2.24, 2.45) is 0 Å². The van der Waals surface area contributed by atoms with Crippen molar-refractivity contribution in [3.05, 3.63) is 60.4 Å². The van der Waals surface area contributed by atoms with Gasteiger partial charge < -0.3 is 24.8 Å². The second-order valence-corrected chi connectivity index (χ2v) is 5.98. The Labute approximate surface area is 164 Å². The van der Waals surface area contributed by atoms with E-state index in [0.29, 0.717) is 5.82 Å². The monoisotopic (exact) mass is 380 g/mol. The van der Waals surface area contributed by atoms with Crippen LogP contribution in [0.3, 0.4) is 0 Å². The zero-order chi connectivity index (χ0) is 19.8. The third kappa shape index (κ3) is 4.82. The van der Waals surface area contributed by atoms with Gasteiger partial charge in [-0.05, 0) is 36.2 Å². The summed E-state index contributed by atoms with van der Waals surface area (Å²) in [7, 11) is 4.91. The molecule has 7 nitrogen and oxygen atoms in total. The van der Waals surface area contributed by atoms with Crippen LogP contribution in [0.2, 0.25) is 0 Å². The fourth-order valence-electron chi connectivity index (χ4n) is 2.78. The van der Waals surface area contributed by atoms with Gasteiger partial charge in [-0.2, -0.15) is 0 Å². The lowest BCUT2D eigenvalue weighted by molar-refractivity contribution is 0.354. The molecule has 0 saturated carbocycles. The van der Waals surface area contributed by atoms with Crippen LogP contribution in [0.1, 0.15) is 5.56 Å². The van der Waals surface area contributed by atoms with Crippen LogP contribution in [-0.4, -0.2) is 37.8 Å².